The molecule has 0 fully saturated rings. The summed E-state index contributed by atoms with van der Waals surface area (Å²) in [4.78, 5) is 45.0. The maximum absolute atomic E-state index is 15.1. The van der Waals surface area contributed by atoms with E-state index in [1.807, 2.05) is 4.72 Å². The van der Waals surface area contributed by atoms with E-state index < -0.39 is 68.8 Å². The third kappa shape index (κ3) is 6.98. The molecule has 1 aliphatic rings. The van der Waals surface area contributed by atoms with Crippen LogP contribution < -0.4 is 20.8 Å². The lowest BCUT2D eigenvalue weighted by Gasteiger charge is -2.22. The molecule has 15 heteroatoms. The average molecular weight is 557 g/mol. The number of rotatable bonds is 12. The number of nitrogens with zero attached hydrogens (tertiary/aromatic N) is 2. The second-order valence-corrected chi connectivity index (χ2v) is 10.7. The summed E-state index contributed by atoms with van der Waals surface area (Å²) in [6.45, 7) is 1.61. The van der Waals surface area contributed by atoms with Crippen LogP contribution in [0.15, 0.2) is 22.1 Å². The van der Waals surface area contributed by atoms with Gasteiger partial charge in [-0.2, -0.15) is 4.72 Å². The molecule has 2 aromatic rings. The van der Waals surface area contributed by atoms with Gasteiger partial charge in [-0.3, -0.25) is 30.0 Å². The molecular formula is C23H30F2N6O6S. The number of halogens is 2. The highest BCUT2D eigenvalue weighted by Gasteiger charge is 2.28. The third-order valence-corrected chi connectivity index (χ3v) is 7.39. The summed E-state index contributed by atoms with van der Waals surface area (Å²) in [6, 6.07) is -0.844. The van der Waals surface area contributed by atoms with Crippen molar-refractivity contribution >= 4 is 39.0 Å². The number of aliphatic imine (C=N–C) groups is 1. The van der Waals surface area contributed by atoms with E-state index in [1.54, 1.807) is 13.1 Å². The zero-order valence-electron chi connectivity index (χ0n) is 20.9. The SMILES string of the molecule is CCCCS(=O)(=O)NC(CN(C)C(=O)c1c[nH]c2c(F)c(CNC3N=CCCN3)c(F)cc2c1=O)C(=O)O. The van der Waals surface area contributed by atoms with Gasteiger partial charge in [0.05, 0.1) is 16.7 Å². The quantitative estimate of drug-likeness (QED) is 0.251. The van der Waals surface area contributed by atoms with E-state index in [2.05, 4.69) is 20.6 Å². The molecule has 2 unspecified atom stereocenters. The van der Waals surface area contributed by atoms with Crippen LogP contribution in [0.4, 0.5) is 8.78 Å². The smallest absolute Gasteiger partial charge is 0.323 e. The molecule has 5 N–H and O–H groups in total. The number of aliphatic carboxylic acids is 1. The monoisotopic (exact) mass is 556 g/mol. The van der Waals surface area contributed by atoms with Gasteiger partial charge < -0.3 is 15.0 Å². The van der Waals surface area contributed by atoms with Gasteiger partial charge in [0.15, 0.2) is 12.1 Å². The van der Waals surface area contributed by atoms with E-state index in [1.165, 1.54) is 7.05 Å². The fraction of sp³-hybridized carbons (Fsp3) is 0.478. The molecule has 38 heavy (non-hydrogen) atoms. The zero-order chi connectivity index (χ0) is 28.0. The molecule has 12 nitrogen and oxygen atoms in total. The number of nitrogens with one attached hydrogen (secondary N) is 4. The van der Waals surface area contributed by atoms with E-state index in [4.69, 9.17) is 0 Å². The van der Waals surface area contributed by atoms with Gasteiger partial charge in [-0.15, -0.1) is 0 Å². The number of sulfonamides is 1. The lowest BCUT2D eigenvalue weighted by atomic mass is 10.1. The fourth-order valence-corrected chi connectivity index (χ4v) is 5.23. The lowest BCUT2D eigenvalue weighted by molar-refractivity contribution is -0.139. The van der Waals surface area contributed by atoms with Crippen molar-refractivity contribution < 1.29 is 31.9 Å². The molecule has 3 rings (SSSR count). The summed E-state index contributed by atoms with van der Waals surface area (Å²) >= 11 is 0. The number of carbonyl (C=O) groups is 2. The Morgan fingerprint density at radius 2 is 2.08 bits per heavy atom. The number of hydrogen-bond donors (Lipinski definition) is 5. The number of benzene rings is 1. The molecular weight excluding hydrogens is 526 g/mol. The van der Waals surface area contributed by atoms with E-state index in [9.17, 15) is 32.3 Å². The molecule has 0 spiro atoms. The number of amides is 1. The van der Waals surface area contributed by atoms with Crippen LogP contribution in [0.3, 0.4) is 0 Å². The van der Waals surface area contributed by atoms with Gasteiger partial charge in [0.1, 0.15) is 17.4 Å². The fourth-order valence-electron chi connectivity index (χ4n) is 3.84. The van der Waals surface area contributed by atoms with Crippen molar-refractivity contribution in [3.05, 3.63) is 45.2 Å². The number of fused-ring (bicyclic) bond motifs is 1. The van der Waals surface area contributed by atoms with E-state index in [0.717, 1.165) is 23.6 Å². The Morgan fingerprint density at radius 3 is 2.71 bits per heavy atom. The van der Waals surface area contributed by atoms with Crippen LogP contribution >= 0.6 is 0 Å². The first-order chi connectivity index (χ1) is 17.9. The number of carboxylic acids is 1. The van der Waals surface area contributed by atoms with Gasteiger partial charge in [-0.1, -0.05) is 13.3 Å². The van der Waals surface area contributed by atoms with E-state index in [0.29, 0.717) is 19.4 Å². The Labute approximate surface area is 217 Å². The number of H-pyrrole nitrogens is 1. The van der Waals surface area contributed by atoms with Gasteiger partial charge in [0.2, 0.25) is 15.5 Å². The van der Waals surface area contributed by atoms with Crippen LogP contribution in [-0.4, -0.2) is 79.7 Å². The van der Waals surface area contributed by atoms with Crippen molar-refractivity contribution in [2.24, 2.45) is 4.99 Å². The van der Waals surface area contributed by atoms with Crippen LogP contribution in [0, 0.1) is 11.6 Å². The summed E-state index contributed by atoms with van der Waals surface area (Å²) in [7, 11) is -2.74. The molecule has 0 aliphatic carbocycles. The number of aromatic amines is 1. The largest absolute Gasteiger partial charge is 0.480 e. The minimum atomic E-state index is -3.92. The zero-order valence-corrected chi connectivity index (χ0v) is 21.7. The van der Waals surface area contributed by atoms with Crippen molar-refractivity contribution in [3.8, 4) is 0 Å². The molecule has 1 aromatic carbocycles. The Balaban J connectivity index is 1.82. The van der Waals surface area contributed by atoms with Gasteiger partial charge in [-0.05, 0) is 18.9 Å². The Hall–Kier alpha value is -3.27. The van der Waals surface area contributed by atoms with Gasteiger partial charge >= 0.3 is 5.97 Å². The standard InChI is InChI=1S/C23H30F2N6O6S/c1-3-4-8-38(36,37)30-17(22(34)35)12-31(2)21(33)15-11-28-19-13(20(15)32)9-16(24)14(18(19)25)10-29-23-26-6-5-7-27-23/h6,9,11,17,23,27,29-30H,3-5,7-8,10,12H2,1-2H3,(H,28,32)(H,34,35). The second-order valence-electron chi connectivity index (χ2n) is 8.83. The number of carbonyl (C=O) groups excluding carboxylic acids is 1. The second kappa shape index (κ2) is 12.5. The van der Waals surface area contributed by atoms with Crippen LogP contribution in [0.25, 0.3) is 10.9 Å². The van der Waals surface area contributed by atoms with Crippen LogP contribution in [-0.2, 0) is 21.4 Å². The van der Waals surface area contributed by atoms with Crippen molar-refractivity contribution in [1.82, 2.24) is 25.2 Å². The summed E-state index contributed by atoms with van der Waals surface area (Å²) in [5.41, 5.74) is -2.10. The summed E-state index contributed by atoms with van der Waals surface area (Å²) < 4.78 is 56.2. The Morgan fingerprint density at radius 1 is 1.34 bits per heavy atom. The lowest BCUT2D eigenvalue weighted by Crippen LogP contribution is -2.49. The first kappa shape index (κ1) is 29.3. The molecule has 208 valence electrons. The van der Waals surface area contributed by atoms with Crippen LogP contribution in [0.2, 0.25) is 0 Å². The highest BCUT2D eigenvalue weighted by atomic mass is 32.2. The predicted octanol–water partition coefficient (Wildman–Crippen LogP) is 0.488. The van der Waals surface area contributed by atoms with Crippen molar-refractivity contribution in [2.75, 3.05) is 25.9 Å². The molecule has 1 aliphatic heterocycles. The minimum absolute atomic E-state index is 0.223. The van der Waals surface area contributed by atoms with Gasteiger partial charge in [0.25, 0.3) is 5.91 Å². The first-order valence-corrected chi connectivity index (χ1v) is 13.6. The number of likely N-dealkylation sites (N-methyl/N-ethyl adjacent to an activating group) is 1. The van der Waals surface area contributed by atoms with E-state index >= 15 is 4.39 Å². The molecule has 2 heterocycles. The number of pyridine rings is 1. The van der Waals surface area contributed by atoms with Crippen molar-refractivity contribution in [1.29, 1.82) is 0 Å². The van der Waals surface area contributed by atoms with Crippen LogP contribution in [0.5, 0.6) is 0 Å². The van der Waals surface area contributed by atoms with Crippen LogP contribution in [0.1, 0.15) is 42.1 Å². The maximum Gasteiger partial charge on any atom is 0.323 e. The molecule has 0 bridgehead atoms. The topological polar surface area (TPSA) is 173 Å². The minimum Gasteiger partial charge on any atom is -0.480 e. The van der Waals surface area contributed by atoms with Gasteiger partial charge in [-0.25, -0.2) is 17.2 Å². The molecule has 0 saturated carbocycles. The molecule has 1 aromatic heterocycles. The van der Waals surface area contributed by atoms with Crippen molar-refractivity contribution in [2.45, 2.75) is 45.1 Å². The molecule has 2 atom stereocenters. The maximum atomic E-state index is 15.1. The first-order valence-electron chi connectivity index (χ1n) is 11.9. The molecule has 1 amide bonds. The third-order valence-electron chi connectivity index (χ3n) is 5.92. The predicted molar refractivity (Wildman–Crippen MR) is 136 cm³/mol. The number of hydrogen-bond acceptors (Lipinski definition) is 8. The Bertz CT molecular complexity index is 1400. The van der Waals surface area contributed by atoms with E-state index in [-0.39, 0.29) is 23.4 Å². The Kier molecular flexibility index (Phi) is 9.65. The molecule has 0 radical (unpaired) electrons. The average Bonchev–Trinajstić information content (AvgIpc) is 2.87. The summed E-state index contributed by atoms with van der Waals surface area (Å²) in [5, 5.41) is 14.9. The normalized spacial score (nSPS) is 16.5. The van der Waals surface area contributed by atoms with Crippen molar-refractivity contribution in [3.63, 3.8) is 0 Å². The number of unbranched alkanes of at least 4 members (excludes halogenated alkanes) is 1. The number of aromatic nitrogens is 1. The van der Waals surface area contributed by atoms with Gasteiger partial charge in [0, 0.05) is 44.7 Å². The highest BCUT2D eigenvalue weighted by molar-refractivity contribution is 7.89. The molecule has 0 saturated heterocycles. The summed E-state index contributed by atoms with van der Waals surface area (Å²) in [5.74, 6) is -4.77. The summed E-state index contributed by atoms with van der Waals surface area (Å²) in [6.07, 6.45) is 3.76. The highest BCUT2D eigenvalue weighted by Crippen LogP contribution is 2.21. The number of carboxylic acid groups (broad SMARTS) is 1.